The number of rotatable bonds is 3. The second kappa shape index (κ2) is 4.22. The topological polar surface area (TPSA) is 12.0 Å². The fourth-order valence-corrected chi connectivity index (χ4v) is 2.56. The van der Waals surface area contributed by atoms with Crippen molar-refractivity contribution < 1.29 is 4.39 Å². The predicted molar refractivity (Wildman–Crippen MR) is 63.2 cm³/mol. The third-order valence-corrected chi connectivity index (χ3v) is 3.84. The molecule has 15 heavy (non-hydrogen) atoms. The van der Waals surface area contributed by atoms with E-state index < -0.39 is 0 Å². The molecule has 1 nitrogen and oxygen atoms in total. The second-order valence-corrected chi connectivity index (χ2v) is 5.14. The molecule has 1 aliphatic rings. The van der Waals surface area contributed by atoms with Crippen LogP contribution in [0.2, 0.25) is 0 Å². The van der Waals surface area contributed by atoms with Gasteiger partial charge in [-0.1, -0.05) is 19.1 Å². The molecule has 3 heteroatoms. The summed E-state index contributed by atoms with van der Waals surface area (Å²) in [6.07, 6.45) is 1.19. The number of halogens is 2. The smallest absolute Gasteiger partial charge is 0.142 e. The van der Waals surface area contributed by atoms with E-state index in [1.807, 2.05) is 19.2 Å². The summed E-state index contributed by atoms with van der Waals surface area (Å²) in [5, 5.41) is 3.22. The largest absolute Gasteiger partial charge is 0.313 e. The number of hydrogen-bond acceptors (Lipinski definition) is 1. The molecular weight excluding hydrogens is 257 g/mol. The van der Waals surface area contributed by atoms with Gasteiger partial charge in [0.15, 0.2) is 0 Å². The van der Waals surface area contributed by atoms with E-state index >= 15 is 0 Å². The average Bonchev–Trinajstić information content (AvgIpc) is 2.91. The van der Waals surface area contributed by atoms with Crippen LogP contribution in [0.15, 0.2) is 22.7 Å². The molecule has 1 aliphatic carbocycles. The highest BCUT2D eigenvalue weighted by Crippen LogP contribution is 2.47. The van der Waals surface area contributed by atoms with Crippen LogP contribution in [0.3, 0.4) is 0 Å². The summed E-state index contributed by atoms with van der Waals surface area (Å²) < 4.78 is 14.4. The van der Waals surface area contributed by atoms with Crippen LogP contribution >= 0.6 is 15.9 Å². The Kier molecular flexibility index (Phi) is 3.12. The highest BCUT2D eigenvalue weighted by Gasteiger charge is 2.40. The first-order chi connectivity index (χ1) is 7.15. The maximum Gasteiger partial charge on any atom is 0.142 e. The minimum atomic E-state index is -0.129. The zero-order valence-electron chi connectivity index (χ0n) is 8.93. The van der Waals surface area contributed by atoms with E-state index in [2.05, 4.69) is 28.2 Å². The molecule has 1 fully saturated rings. The maximum absolute atomic E-state index is 13.9. The van der Waals surface area contributed by atoms with Gasteiger partial charge < -0.3 is 5.32 Å². The summed E-state index contributed by atoms with van der Waals surface area (Å²) in [6, 6.07) is 5.64. The van der Waals surface area contributed by atoms with Crippen LogP contribution in [0.4, 0.5) is 4.39 Å². The van der Waals surface area contributed by atoms with Crippen LogP contribution in [0, 0.1) is 17.7 Å². The van der Waals surface area contributed by atoms with Crippen molar-refractivity contribution in [2.24, 2.45) is 11.8 Å². The summed E-state index contributed by atoms with van der Waals surface area (Å²) in [4.78, 5) is 0. The van der Waals surface area contributed by atoms with E-state index in [-0.39, 0.29) is 11.9 Å². The highest BCUT2D eigenvalue weighted by atomic mass is 79.9. The van der Waals surface area contributed by atoms with Gasteiger partial charge in [0.05, 0.1) is 4.47 Å². The molecule has 0 amide bonds. The standard InChI is InChI=1S/C12H15BrFN/c1-7-6-9(7)12(15-2)8-4-3-5-10(13)11(8)14/h3-5,7,9,12,15H,6H2,1-2H3. The van der Waals surface area contributed by atoms with Crippen molar-refractivity contribution in [2.75, 3.05) is 7.05 Å². The van der Waals surface area contributed by atoms with Gasteiger partial charge in [0.25, 0.3) is 0 Å². The molecule has 1 aromatic carbocycles. The molecule has 2 rings (SSSR count). The van der Waals surface area contributed by atoms with Crippen molar-refractivity contribution in [2.45, 2.75) is 19.4 Å². The van der Waals surface area contributed by atoms with Gasteiger partial charge >= 0.3 is 0 Å². The molecule has 3 unspecified atom stereocenters. The zero-order valence-corrected chi connectivity index (χ0v) is 10.5. The Morgan fingerprint density at radius 1 is 1.53 bits per heavy atom. The number of nitrogens with one attached hydrogen (secondary N) is 1. The maximum atomic E-state index is 13.9. The fourth-order valence-electron chi connectivity index (χ4n) is 2.18. The third-order valence-electron chi connectivity index (χ3n) is 3.23. The lowest BCUT2D eigenvalue weighted by atomic mass is 10.0. The Morgan fingerprint density at radius 2 is 2.20 bits per heavy atom. The van der Waals surface area contributed by atoms with Crippen LogP contribution in [0.1, 0.15) is 24.9 Å². The molecule has 0 heterocycles. The summed E-state index contributed by atoms with van der Waals surface area (Å²) in [7, 11) is 1.90. The van der Waals surface area contributed by atoms with E-state index in [4.69, 9.17) is 0 Å². The van der Waals surface area contributed by atoms with Gasteiger partial charge in [0.1, 0.15) is 5.82 Å². The van der Waals surface area contributed by atoms with E-state index in [9.17, 15) is 4.39 Å². The Hall–Kier alpha value is -0.410. The minimum absolute atomic E-state index is 0.129. The van der Waals surface area contributed by atoms with Crippen LogP contribution in [-0.2, 0) is 0 Å². The second-order valence-electron chi connectivity index (χ2n) is 4.29. The number of hydrogen-bond donors (Lipinski definition) is 1. The quantitative estimate of drug-likeness (QED) is 0.888. The predicted octanol–water partition coefficient (Wildman–Crippen LogP) is 3.50. The Labute approximate surface area is 98.2 Å². The molecule has 0 bridgehead atoms. The lowest BCUT2D eigenvalue weighted by molar-refractivity contribution is 0.473. The van der Waals surface area contributed by atoms with Crippen LogP contribution in [-0.4, -0.2) is 7.05 Å². The molecule has 0 spiro atoms. The van der Waals surface area contributed by atoms with Gasteiger partial charge in [0.2, 0.25) is 0 Å². The van der Waals surface area contributed by atoms with Gasteiger partial charge in [-0.15, -0.1) is 0 Å². The summed E-state index contributed by atoms with van der Waals surface area (Å²) in [5.74, 6) is 1.16. The Morgan fingerprint density at radius 3 is 2.73 bits per heavy atom. The van der Waals surface area contributed by atoms with Gasteiger partial charge in [-0.05, 0) is 47.3 Å². The van der Waals surface area contributed by atoms with Gasteiger partial charge in [-0.25, -0.2) is 4.39 Å². The lowest BCUT2D eigenvalue weighted by Crippen LogP contribution is -2.20. The van der Waals surface area contributed by atoms with E-state index in [0.717, 1.165) is 5.56 Å². The molecule has 82 valence electrons. The van der Waals surface area contributed by atoms with Crippen molar-refractivity contribution in [3.8, 4) is 0 Å². The molecule has 0 aliphatic heterocycles. The summed E-state index contributed by atoms with van der Waals surface area (Å²) in [5.41, 5.74) is 0.779. The molecule has 0 saturated heterocycles. The van der Waals surface area contributed by atoms with E-state index in [1.165, 1.54) is 6.42 Å². The van der Waals surface area contributed by atoms with Crippen molar-refractivity contribution >= 4 is 15.9 Å². The van der Waals surface area contributed by atoms with Crippen LogP contribution in [0.25, 0.3) is 0 Å². The molecule has 1 N–H and O–H groups in total. The van der Waals surface area contributed by atoms with Crippen molar-refractivity contribution in [3.05, 3.63) is 34.1 Å². The molecule has 0 aromatic heterocycles. The molecule has 1 saturated carbocycles. The fraction of sp³-hybridized carbons (Fsp3) is 0.500. The van der Waals surface area contributed by atoms with Crippen LogP contribution in [0.5, 0.6) is 0 Å². The van der Waals surface area contributed by atoms with Gasteiger partial charge in [-0.3, -0.25) is 0 Å². The summed E-state index contributed by atoms with van der Waals surface area (Å²) >= 11 is 3.23. The highest BCUT2D eigenvalue weighted by molar-refractivity contribution is 9.10. The van der Waals surface area contributed by atoms with Gasteiger partial charge in [-0.2, -0.15) is 0 Å². The lowest BCUT2D eigenvalue weighted by Gasteiger charge is -2.17. The minimum Gasteiger partial charge on any atom is -0.313 e. The first-order valence-corrected chi connectivity index (χ1v) is 6.05. The van der Waals surface area contributed by atoms with E-state index in [0.29, 0.717) is 16.3 Å². The molecular formula is C12H15BrFN. The summed E-state index contributed by atoms with van der Waals surface area (Å²) in [6.45, 7) is 2.21. The SMILES string of the molecule is CNC(c1cccc(Br)c1F)C1CC1C. The number of benzene rings is 1. The Bertz CT molecular complexity index is 367. The first-order valence-electron chi connectivity index (χ1n) is 5.26. The van der Waals surface area contributed by atoms with Gasteiger partial charge in [0, 0.05) is 11.6 Å². The molecule has 0 radical (unpaired) electrons. The zero-order chi connectivity index (χ0) is 11.0. The van der Waals surface area contributed by atoms with E-state index in [1.54, 1.807) is 6.07 Å². The third kappa shape index (κ3) is 2.08. The monoisotopic (exact) mass is 271 g/mol. The average molecular weight is 272 g/mol. The molecule has 3 atom stereocenters. The Balaban J connectivity index is 2.30. The molecule has 1 aromatic rings. The normalized spacial score (nSPS) is 26.4. The van der Waals surface area contributed by atoms with Crippen molar-refractivity contribution in [1.82, 2.24) is 5.32 Å². The van der Waals surface area contributed by atoms with Crippen molar-refractivity contribution in [3.63, 3.8) is 0 Å². The van der Waals surface area contributed by atoms with Crippen molar-refractivity contribution in [1.29, 1.82) is 0 Å². The van der Waals surface area contributed by atoms with Crippen LogP contribution < -0.4 is 5.32 Å². The first kappa shape index (κ1) is 11.1.